The van der Waals surface area contributed by atoms with Gasteiger partial charge in [-0.3, -0.25) is 0 Å². The van der Waals surface area contributed by atoms with E-state index in [0.717, 1.165) is 32.4 Å². The van der Waals surface area contributed by atoms with Crippen LogP contribution < -0.4 is 5.32 Å². The summed E-state index contributed by atoms with van der Waals surface area (Å²) in [5.74, 6) is 0. The fourth-order valence-electron chi connectivity index (χ4n) is 3.22. The Morgan fingerprint density at radius 2 is 2.05 bits per heavy atom. The predicted molar refractivity (Wildman–Crippen MR) is 90.0 cm³/mol. The Kier molecular flexibility index (Phi) is 6.20. The first-order valence-electron chi connectivity index (χ1n) is 8.58. The smallest absolute Gasteiger partial charge is 0.125 e. The lowest BCUT2D eigenvalue weighted by Gasteiger charge is -2.29. The summed E-state index contributed by atoms with van der Waals surface area (Å²) in [6.45, 7) is 10.6. The van der Waals surface area contributed by atoms with Gasteiger partial charge in [-0.05, 0) is 52.0 Å². The van der Waals surface area contributed by atoms with Crippen molar-refractivity contribution < 1.29 is 4.74 Å². The SMILES string of the molecule is CCCNC1CCCc2nc(C(CC)(CC)OCC)sc21. The summed E-state index contributed by atoms with van der Waals surface area (Å²) in [5.41, 5.74) is 1.15. The van der Waals surface area contributed by atoms with Gasteiger partial charge in [0.1, 0.15) is 10.6 Å². The van der Waals surface area contributed by atoms with Gasteiger partial charge >= 0.3 is 0 Å². The van der Waals surface area contributed by atoms with Crippen LogP contribution in [0.15, 0.2) is 0 Å². The molecule has 2 rings (SSSR count). The molecule has 1 aromatic rings. The van der Waals surface area contributed by atoms with Gasteiger partial charge in [-0.1, -0.05) is 20.8 Å². The zero-order valence-electron chi connectivity index (χ0n) is 14.0. The van der Waals surface area contributed by atoms with E-state index in [1.165, 1.54) is 34.8 Å². The van der Waals surface area contributed by atoms with Crippen LogP contribution in [0.25, 0.3) is 0 Å². The Labute approximate surface area is 133 Å². The van der Waals surface area contributed by atoms with Crippen molar-refractivity contribution in [3.8, 4) is 0 Å². The molecule has 0 saturated carbocycles. The van der Waals surface area contributed by atoms with Gasteiger partial charge in [-0.25, -0.2) is 4.98 Å². The van der Waals surface area contributed by atoms with Gasteiger partial charge in [0.2, 0.25) is 0 Å². The van der Waals surface area contributed by atoms with Crippen LogP contribution in [0.2, 0.25) is 0 Å². The number of nitrogens with zero attached hydrogens (tertiary/aromatic N) is 1. The van der Waals surface area contributed by atoms with Crippen LogP contribution in [-0.2, 0) is 16.8 Å². The molecule has 1 unspecified atom stereocenters. The summed E-state index contributed by atoms with van der Waals surface area (Å²) < 4.78 is 6.14. The first-order valence-corrected chi connectivity index (χ1v) is 9.39. The standard InChI is InChI=1S/C17H30N2OS/c1-5-12-18-13-10-9-11-14-15(13)21-16(19-14)17(6-2,7-3)20-8-4/h13,18H,5-12H2,1-4H3. The number of thiazole rings is 1. The Hall–Kier alpha value is -0.450. The average Bonchev–Trinajstić information content (AvgIpc) is 2.95. The molecule has 0 spiro atoms. The molecule has 0 bridgehead atoms. The highest BCUT2D eigenvalue weighted by atomic mass is 32.1. The number of aromatic nitrogens is 1. The van der Waals surface area contributed by atoms with E-state index in [9.17, 15) is 0 Å². The van der Waals surface area contributed by atoms with Gasteiger partial charge in [0.05, 0.1) is 5.69 Å². The molecule has 0 aliphatic heterocycles. The molecule has 1 atom stereocenters. The molecule has 1 heterocycles. The molecule has 1 aliphatic rings. The second kappa shape index (κ2) is 7.70. The molecule has 0 aromatic carbocycles. The first-order chi connectivity index (χ1) is 10.2. The second-order valence-corrected chi connectivity index (χ2v) is 6.89. The second-order valence-electron chi connectivity index (χ2n) is 5.86. The van der Waals surface area contributed by atoms with Gasteiger partial charge in [-0.15, -0.1) is 11.3 Å². The van der Waals surface area contributed by atoms with Crippen molar-refractivity contribution in [3.05, 3.63) is 15.6 Å². The van der Waals surface area contributed by atoms with Crippen molar-refractivity contribution in [2.24, 2.45) is 0 Å². The Morgan fingerprint density at radius 1 is 1.29 bits per heavy atom. The molecule has 3 nitrogen and oxygen atoms in total. The maximum atomic E-state index is 6.14. The van der Waals surface area contributed by atoms with Gasteiger partial charge in [0.25, 0.3) is 0 Å². The topological polar surface area (TPSA) is 34.2 Å². The van der Waals surface area contributed by atoms with Crippen LogP contribution in [0.4, 0.5) is 0 Å². The number of nitrogens with one attached hydrogen (secondary N) is 1. The average molecular weight is 311 g/mol. The fourth-order valence-corrected chi connectivity index (χ4v) is 4.73. The molecule has 4 heteroatoms. The number of hydrogen-bond acceptors (Lipinski definition) is 4. The van der Waals surface area contributed by atoms with Crippen molar-refractivity contribution >= 4 is 11.3 Å². The lowest BCUT2D eigenvalue weighted by molar-refractivity contribution is -0.0507. The largest absolute Gasteiger partial charge is 0.368 e. The molecule has 21 heavy (non-hydrogen) atoms. The minimum atomic E-state index is -0.175. The zero-order chi connectivity index (χ0) is 15.3. The van der Waals surface area contributed by atoms with Crippen molar-refractivity contribution in [2.45, 2.75) is 77.9 Å². The molecule has 1 N–H and O–H groups in total. The van der Waals surface area contributed by atoms with Crippen molar-refractivity contribution in [2.75, 3.05) is 13.2 Å². The van der Waals surface area contributed by atoms with Gasteiger partial charge < -0.3 is 10.1 Å². The number of hydrogen-bond donors (Lipinski definition) is 1. The van der Waals surface area contributed by atoms with E-state index in [1.807, 2.05) is 11.3 Å². The molecule has 0 saturated heterocycles. The number of ether oxygens (including phenoxy) is 1. The third kappa shape index (κ3) is 3.49. The number of fused-ring (bicyclic) bond motifs is 1. The molecular weight excluding hydrogens is 280 g/mol. The zero-order valence-corrected chi connectivity index (χ0v) is 14.8. The third-order valence-electron chi connectivity index (χ3n) is 4.54. The minimum Gasteiger partial charge on any atom is -0.368 e. The van der Waals surface area contributed by atoms with Crippen LogP contribution in [0.3, 0.4) is 0 Å². The summed E-state index contributed by atoms with van der Waals surface area (Å²) in [6, 6.07) is 0.507. The molecular formula is C17H30N2OS. The van der Waals surface area contributed by atoms with Crippen LogP contribution >= 0.6 is 11.3 Å². The van der Waals surface area contributed by atoms with E-state index >= 15 is 0 Å². The van der Waals surface area contributed by atoms with Crippen molar-refractivity contribution in [3.63, 3.8) is 0 Å². The van der Waals surface area contributed by atoms with Gasteiger partial charge in [0.15, 0.2) is 0 Å². The molecule has 0 fully saturated rings. The molecule has 1 aromatic heterocycles. The highest BCUT2D eigenvalue weighted by Crippen LogP contribution is 2.41. The lowest BCUT2D eigenvalue weighted by Crippen LogP contribution is -2.28. The fraction of sp³-hybridized carbons (Fsp3) is 0.824. The van der Waals surface area contributed by atoms with E-state index in [-0.39, 0.29) is 5.60 Å². The van der Waals surface area contributed by atoms with Crippen molar-refractivity contribution in [1.29, 1.82) is 0 Å². The molecule has 120 valence electrons. The normalized spacial score (nSPS) is 18.8. The van der Waals surface area contributed by atoms with E-state index in [1.54, 1.807) is 0 Å². The molecule has 1 aliphatic carbocycles. The quantitative estimate of drug-likeness (QED) is 0.763. The van der Waals surface area contributed by atoms with Crippen molar-refractivity contribution in [1.82, 2.24) is 10.3 Å². The predicted octanol–water partition coefficient (Wildman–Crippen LogP) is 4.57. The minimum absolute atomic E-state index is 0.175. The number of aryl methyl sites for hydroxylation is 1. The van der Waals surface area contributed by atoms with Crippen LogP contribution in [0, 0.1) is 0 Å². The first kappa shape index (κ1) is 16.9. The van der Waals surface area contributed by atoms with Crippen LogP contribution in [-0.4, -0.2) is 18.1 Å². The molecule has 0 amide bonds. The van der Waals surface area contributed by atoms with Crippen LogP contribution in [0.1, 0.15) is 81.4 Å². The maximum absolute atomic E-state index is 6.14. The number of rotatable bonds is 8. The highest BCUT2D eigenvalue weighted by Gasteiger charge is 2.35. The van der Waals surface area contributed by atoms with E-state index in [4.69, 9.17) is 9.72 Å². The summed E-state index contributed by atoms with van der Waals surface area (Å²) in [4.78, 5) is 6.46. The summed E-state index contributed by atoms with van der Waals surface area (Å²) in [5, 5.41) is 4.89. The van der Waals surface area contributed by atoms with Gasteiger partial charge in [0, 0.05) is 17.5 Å². The Bertz CT molecular complexity index is 440. The Balaban J connectivity index is 2.29. The Morgan fingerprint density at radius 3 is 2.67 bits per heavy atom. The lowest BCUT2D eigenvalue weighted by atomic mass is 9.96. The van der Waals surface area contributed by atoms with Crippen LogP contribution in [0.5, 0.6) is 0 Å². The molecule has 0 radical (unpaired) electrons. The summed E-state index contributed by atoms with van der Waals surface area (Å²) in [7, 11) is 0. The maximum Gasteiger partial charge on any atom is 0.125 e. The van der Waals surface area contributed by atoms with E-state index in [2.05, 4.69) is 33.0 Å². The summed E-state index contributed by atoms with van der Waals surface area (Å²) >= 11 is 1.89. The summed E-state index contributed by atoms with van der Waals surface area (Å²) in [6.07, 6.45) is 6.80. The highest BCUT2D eigenvalue weighted by molar-refractivity contribution is 7.12. The van der Waals surface area contributed by atoms with E-state index in [0.29, 0.717) is 6.04 Å². The van der Waals surface area contributed by atoms with E-state index < -0.39 is 0 Å². The monoisotopic (exact) mass is 310 g/mol. The van der Waals surface area contributed by atoms with Gasteiger partial charge in [-0.2, -0.15) is 0 Å². The third-order valence-corrected chi connectivity index (χ3v) is 5.94.